The van der Waals surface area contributed by atoms with Gasteiger partial charge in [0.15, 0.2) is 0 Å². The molecular formula is C25H23N3O3S. The highest BCUT2D eigenvalue weighted by molar-refractivity contribution is 7.17. The molecule has 1 saturated carbocycles. The zero-order valence-electron chi connectivity index (χ0n) is 17.5. The minimum absolute atomic E-state index is 0.0966. The Balaban J connectivity index is 1.29. The Hall–Kier alpha value is -3.45. The minimum atomic E-state index is -0.989. The maximum absolute atomic E-state index is 11.6. The Morgan fingerprint density at radius 2 is 2.03 bits per heavy atom. The largest absolute Gasteiger partial charge is 0.490 e. The summed E-state index contributed by atoms with van der Waals surface area (Å²) in [6, 6.07) is 15.7. The van der Waals surface area contributed by atoms with Crippen molar-refractivity contribution in [1.29, 1.82) is 0 Å². The van der Waals surface area contributed by atoms with E-state index in [1.165, 1.54) is 22.0 Å². The van der Waals surface area contributed by atoms with Gasteiger partial charge in [-0.2, -0.15) is 0 Å². The second-order valence-electron chi connectivity index (χ2n) is 7.94. The van der Waals surface area contributed by atoms with Gasteiger partial charge in [-0.1, -0.05) is 18.2 Å². The second kappa shape index (κ2) is 8.96. The van der Waals surface area contributed by atoms with E-state index in [0.29, 0.717) is 5.75 Å². The van der Waals surface area contributed by atoms with Gasteiger partial charge in [-0.25, -0.2) is 14.8 Å². The first-order valence-corrected chi connectivity index (χ1v) is 11.6. The van der Waals surface area contributed by atoms with Gasteiger partial charge < -0.3 is 15.2 Å². The number of hydrogen-bond donors (Lipinski definition) is 2. The summed E-state index contributed by atoms with van der Waals surface area (Å²) in [7, 11) is 0. The number of fused-ring (bicyclic) bond motifs is 1. The molecule has 1 aliphatic carbocycles. The zero-order valence-corrected chi connectivity index (χ0v) is 18.3. The summed E-state index contributed by atoms with van der Waals surface area (Å²) in [6.45, 7) is 0.750. The van der Waals surface area contributed by atoms with E-state index in [2.05, 4.69) is 44.9 Å². The number of aromatic nitrogens is 2. The smallest absolute Gasteiger partial charge is 0.339 e. The van der Waals surface area contributed by atoms with Gasteiger partial charge in [0.05, 0.1) is 11.8 Å². The maximum Gasteiger partial charge on any atom is 0.339 e. The molecule has 1 fully saturated rings. The van der Waals surface area contributed by atoms with E-state index < -0.39 is 5.97 Å². The number of carboxylic acid groups (broad SMARTS) is 1. The quantitative estimate of drug-likeness (QED) is 0.365. The fourth-order valence-electron chi connectivity index (χ4n) is 3.74. The van der Waals surface area contributed by atoms with Crippen molar-refractivity contribution in [2.75, 3.05) is 11.9 Å². The van der Waals surface area contributed by atoms with Crippen LogP contribution in [0.5, 0.6) is 5.75 Å². The van der Waals surface area contributed by atoms with E-state index in [0.717, 1.165) is 49.3 Å². The lowest BCUT2D eigenvalue weighted by molar-refractivity contribution is 0.0680. The minimum Gasteiger partial charge on any atom is -0.490 e. The molecule has 6 nitrogen and oxygen atoms in total. The molecule has 2 aromatic carbocycles. The monoisotopic (exact) mass is 445 g/mol. The van der Waals surface area contributed by atoms with Crippen molar-refractivity contribution < 1.29 is 14.6 Å². The van der Waals surface area contributed by atoms with Gasteiger partial charge in [-0.3, -0.25) is 0 Å². The number of thiophene rings is 1. The third kappa shape index (κ3) is 4.43. The first-order chi connectivity index (χ1) is 15.7. The third-order valence-electron chi connectivity index (χ3n) is 5.76. The fraction of sp³-hybridized carbons (Fsp3) is 0.240. The highest BCUT2D eigenvalue weighted by Crippen LogP contribution is 2.31. The van der Waals surface area contributed by atoms with Crippen LogP contribution < -0.4 is 10.1 Å². The van der Waals surface area contributed by atoms with Crippen LogP contribution in [0.25, 0.3) is 21.3 Å². The van der Waals surface area contributed by atoms with Crippen LogP contribution in [0.15, 0.2) is 60.2 Å². The molecule has 5 rings (SSSR count). The lowest BCUT2D eigenvalue weighted by Crippen LogP contribution is -2.25. The molecule has 0 saturated heterocycles. The molecule has 0 radical (unpaired) electrons. The Morgan fingerprint density at radius 1 is 1.12 bits per heavy atom. The molecule has 2 N–H and O–H groups in total. The molecule has 4 aromatic rings. The van der Waals surface area contributed by atoms with E-state index >= 15 is 0 Å². The van der Waals surface area contributed by atoms with Gasteiger partial charge in [0.2, 0.25) is 0 Å². The Labute approximate surface area is 189 Å². The Bertz CT molecular complexity index is 1270. The van der Waals surface area contributed by atoms with Crippen molar-refractivity contribution in [1.82, 2.24) is 9.97 Å². The average Bonchev–Trinajstić information content (AvgIpc) is 3.24. The standard InChI is InChI=1S/C25H23N3O3S/c29-25(30)20-6-5-17(13-22(20)31-19-2-1-3-19)21-14-24(28-15-27-21)26-10-8-16-4-7-23-18(12-16)9-11-32-23/h4-7,9,11-15,19H,1-3,8,10H2,(H,29,30)(H,26,27,28). The first-order valence-electron chi connectivity index (χ1n) is 10.7. The summed E-state index contributed by atoms with van der Waals surface area (Å²) in [5.41, 5.74) is 2.98. The average molecular weight is 446 g/mol. The summed E-state index contributed by atoms with van der Waals surface area (Å²) in [5, 5.41) is 16.3. The van der Waals surface area contributed by atoms with E-state index in [9.17, 15) is 9.90 Å². The van der Waals surface area contributed by atoms with Gasteiger partial charge in [-0.15, -0.1) is 11.3 Å². The molecule has 0 spiro atoms. The van der Waals surface area contributed by atoms with Gasteiger partial charge in [0.1, 0.15) is 23.5 Å². The molecule has 0 bridgehead atoms. The Kier molecular flexibility index (Phi) is 5.73. The van der Waals surface area contributed by atoms with Crippen LogP contribution in [0, 0.1) is 0 Å². The number of benzene rings is 2. The molecular weight excluding hydrogens is 422 g/mol. The van der Waals surface area contributed by atoms with Gasteiger partial charge in [-0.05, 0) is 66.3 Å². The van der Waals surface area contributed by atoms with Crippen molar-refractivity contribution in [2.24, 2.45) is 0 Å². The fourth-order valence-corrected chi connectivity index (χ4v) is 4.51. The van der Waals surface area contributed by atoms with E-state index in [-0.39, 0.29) is 11.7 Å². The van der Waals surface area contributed by atoms with Crippen molar-refractivity contribution in [2.45, 2.75) is 31.8 Å². The van der Waals surface area contributed by atoms with Crippen LogP contribution in [-0.4, -0.2) is 33.7 Å². The van der Waals surface area contributed by atoms with Crippen LogP contribution in [0.2, 0.25) is 0 Å². The number of nitrogens with zero attached hydrogens (tertiary/aromatic N) is 2. The number of carboxylic acids is 1. The number of nitrogens with one attached hydrogen (secondary N) is 1. The molecule has 1 aliphatic rings. The van der Waals surface area contributed by atoms with Crippen molar-refractivity contribution >= 4 is 33.2 Å². The van der Waals surface area contributed by atoms with Crippen LogP contribution >= 0.6 is 11.3 Å². The van der Waals surface area contributed by atoms with Gasteiger partial charge >= 0.3 is 5.97 Å². The number of ether oxygens (including phenoxy) is 1. The zero-order chi connectivity index (χ0) is 21.9. The number of anilines is 1. The molecule has 2 aromatic heterocycles. The van der Waals surface area contributed by atoms with Crippen LogP contribution in [0.1, 0.15) is 35.2 Å². The number of carbonyl (C=O) groups is 1. The second-order valence-corrected chi connectivity index (χ2v) is 8.89. The topological polar surface area (TPSA) is 84.3 Å². The molecule has 2 heterocycles. The normalized spacial score (nSPS) is 13.6. The number of aromatic carboxylic acids is 1. The highest BCUT2D eigenvalue weighted by atomic mass is 32.1. The Morgan fingerprint density at radius 3 is 2.84 bits per heavy atom. The summed E-state index contributed by atoms with van der Waals surface area (Å²) >= 11 is 1.75. The molecule has 0 amide bonds. The predicted molar refractivity (Wildman–Crippen MR) is 127 cm³/mol. The summed E-state index contributed by atoms with van der Waals surface area (Å²) in [6.07, 6.45) is 5.55. The number of hydrogen-bond acceptors (Lipinski definition) is 6. The maximum atomic E-state index is 11.6. The summed E-state index contributed by atoms with van der Waals surface area (Å²) in [4.78, 5) is 20.3. The SMILES string of the molecule is O=C(O)c1ccc(-c2cc(NCCc3ccc4sccc4c3)ncn2)cc1OC1CCC1. The summed E-state index contributed by atoms with van der Waals surface area (Å²) < 4.78 is 7.24. The van der Waals surface area contributed by atoms with Crippen molar-refractivity contribution in [3.8, 4) is 17.0 Å². The van der Waals surface area contributed by atoms with E-state index in [4.69, 9.17) is 4.74 Å². The predicted octanol–water partition coefficient (Wildman–Crippen LogP) is 5.64. The summed E-state index contributed by atoms with van der Waals surface area (Å²) in [5.74, 6) is 0.142. The van der Waals surface area contributed by atoms with Crippen molar-refractivity contribution in [3.63, 3.8) is 0 Å². The van der Waals surface area contributed by atoms with E-state index in [1.54, 1.807) is 29.5 Å². The molecule has 0 atom stereocenters. The van der Waals surface area contributed by atoms with E-state index in [1.807, 2.05) is 6.07 Å². The van der Waals surface area contributed by atoms with Gasteiger partial charge in [0, 0.05) is 22.9 Å². The van der Waals surface area contributed by atoms with Crippen LogP contribution in [-0.2, 0) is 6.42 Å². The molecule has 0 unspecified atom stereocenters. The molecule has 0 aliphatic heterocycles. The highest BCUT2D eigenvalue weighted by Gasteiger charge is 2.22. The molecule has 7 heteroatoms. The van der Waals surface area contributed by atoms with Gasteiger partial charge in [0.25, 0.3) is 0 Å². The first kappa shape index (κ1) is 20.5. The lowest BCUT2D eigenvalue weighted by Gasteiger charge is -2.27. The number of rotatable bonds is 8. The third-order valence-corrected chi connectivity index (χ3v) is 6.66. The van der Waals surface area contributed by atoms with Crippen molar-refractivity contribution in [3.05, 3.63) is 71.4 Å². The van der Waals surface area contributed by atoms with Crippen LogP contribution in [0.4, 0.5) is 5.82 Å². The molecule has 162 valence electrons. The molecule has 32 heavy (non-hydrogen) atoms. The lowest BCUT2D eigenvalue weighted by atomic mass is 9.96. The van der Waals surface area contributed by atoms with Crippen LogP contribution in [0.3, 0.4) is 0 Å².